The summed E-state index contributed by atoms with van der Waals surface area (Å²) in [6.45, 7) is 0. The molecule has 1 fully saturated rings. The smallest absolute Gasteiger partial charge is 0.338 e. The summed E-state index contributed by atoms with van der Waals surface area (Å²) in [6.07, 6.45) is 2.30. The number of fused-ring (bicyclic) bond motifs is 1. The minimum absolute atomic E-state index is 0.0630. The van der Waals surface area contributed by atoms with Crippen LogP contribution in [0.15, 0.2) is 134 Å². The summed E-state index contributed by atoms with van der Waals surface area (Å²) in [5.41, 5.74) is 1.40. The number of aromatic nitrogens is 4. The monoisotopic (exact) mass is 759 g/mol. The number of carbonyl (C=O) groups is 4. The average Bonchev–Trinajstić information content (AvgIpc) is 3.81. The third-order valence-corrected chi connectivity index (χ3v) is 11.4. The fraction of sp³-hybridized carbons (Fsp3) is 0.175. The van der Waals surface area contributed by atoms with Crippen molar-refractivity contribution in [2.45, 2.75) is 29.1 Å². The Balaban J connectivity index is 1.34. The van der Waals surface area contributed by atoms with Crippen LogP contribution in [0.1, 0.15) is 47.7 Å². The van der Waals surface area contributed by atoms with Gasteiger partial charge in [-0.25, -0.2) is 29.4 Å². The first-order valence-electron chi connectivity index (χ1n) is 16.8. The third kappa shape index (κ3) is 7.36. The number of benzene rings is 4. The van der Waals surface area contributed by atoms with Crippen molar-refractivity contribution in [2.24, 2.45) is 0 Å². The lowest BCUT2D eigenvalue weighted by Crippen LogP contribution is -2.42. The number of esters is 2. The van der Waals surface area contributed by atoms with Gasteiger partial charge in [-0.2, -0.15) is 0 Å². The van der Waals surface area contributed by atoms with E-state index in [0.29, 0.717) is 5.56 Å². The van der Waals surface area contributed by atoms with E-state index >= 15 is 0 Å². The summed E-state index contributed by atoms with van der Waals surface area (Å²) in [4.78, 5) is 70.0. The Morgan fingerprint density at radius 2 is 1.11 bits per heavy atom. The predicted octanol–water partition coefficient (Wildman–Crippen LogP) is 6.71. The van der Waals surface area contributed by atoms with Crippen molar-refractivity contribution in [2.75, 3.05) is 17.4 Å². The van der Waals surface area contributed by atoms with Gasteiger partial charge in [0.1, 0.15) is 12.4 Å². The average molecular weight is 760 g/mol. The maximum Gasteiger partial charge on any atom is 0.338 e. The summed E-state index contributed by atoms with van der Waals surface area (Å²) in [7, 11) is 0. The highest BCUT2D eigenvalue weighted by molar-refractivity contribution is 8.16. The Bertz CT molecular complexity index is 2210. The van der Waals surface area contributed by atoms with Gasteiger partial charge < -0.3 is 14.2 Å². The molecule has 1 saturated heterocycles. The van der Waals surface area contributed by atoms with Crippen molar-refractivity contribution in [1.29, 1.82) is 0 Å². The SMILES string of the molecule is CSC(SC)[C@H]1O[C@@H](n2cnc3c(N(C(=O)c4ccccc4)C(=O)c4ccccc4)ncnc32)[C@H](OC(=O)c2ccccc2)[C@@H]1OC(=O)c1ccccc1. The molecule has 272 valence electrons. The quantitative estimate of drug-likeness (QED) is 0.0787. The second-order valence-corrected chi connectivity index (χ2v) is 14.3. The van der Waals surface area contributed by atoms with E-state index in [1.165, 1.54) is 36.2 Å². The predicted molar refractivity (Wildman–Crippen MR) is 205 cm³/mol. The standard InChI is InChI=1S/C40H33N5O7S2/c1-53-40(54-2)32-30(51-38(48)27-19-11-5-12-20-27)31(52-39(49)28-21-13-6-14-22-28)37(50-32)44-24-43-29-33(44)41-23-42-34(29)45(35(46)25-15-7-3-8-16-25)36(47)26-17-9-4-10-18-26/h3-24,30-32,37,40H,1-2H3/t30-,31+,32-,37+/m0/s1. The summed E-state index contributed by atoms with van der Waals surface area (Å²) in [5, 5.41) is 0. The lowest BCUT2D eigenvalue weighted by molar-refractivity contribution is -0.0478. The van der Waals surface area contributed by atoms with E-state index in [4.69, 9.17) is 14.2 Å². The van der Waals surface area contributed by atoms with Gasteiger partial charge in [0.15, 0.2) is 35.4 Å². The Morgan fingerprint density at radius 1 is 0.648 bits per heavy atom. The van der Waals surface area contributed by atoms with Crippen LogP contribution in [0.4, 0.5) is 5.82 Å². The van der Waals surface area contributed by atoms with Crippen molar-refractivity contribution < 1.29 is 33.4 Å². The molecule has 2 aromatic heterocycles. The molecule has 0 bridgehead atoms. The Labute approximate surface area is 318 Å². The molecule has 3 heterocycles. The summed E-state index contributed by atoms with van der Waals surface area (Å²) < 4.78 is 20.4. The van der Waals surface area contributed by atoms with Crippen molar-refractivity contribution >= 4 is 64.3 Å². The molecule has 0 N–H and O–H groups in total. The van der Waals surface area contributed by atoms with E-state index in [1.807, 2.05) is 12.5 Å². The number of thioether (sulfide) groups is 2. The number of imide groups is 1. The second-order valence-electron chi connectivity index (χ2n) is 12.0. The molecule has 4 atom stereocenters. The van der Waals surface area contributed by atoms with Gasteiger partial charge in [0.2, 0.25) is 0 Å². The van der Waals surface area contributed by atoms with E-state index in [0.717, 1.165) is 4.90 Å². The summed E-state index contributed by atoms with van der Waals surface area (Å²) >= 11 is 2.99. The number of hydrogen-bond donors (Lipinski definition) is 0. The number of nitrogens with zero attached hydrogens (tertiary/aromatic N) is 5. The maximum absolute atomic E-state index is 14.1. The van der Waals surface area contributed by atoms with Gasteiger partial charge in [-0.1, -0.05) is 72.8 Å². The van der Waals surface area contributed by atoms with E-state index in [1.54, 1.807) is 126 Å². The topological polar surface area (TPSA) is 143 Å². The molecule has 1 aliphatic rings. The van der Waals surface area contributed by atoms with Gasteiger partial charge in [-0.15, -0.1) is 23.5 Å². The van der Waals surface area contributed by atoms with Gasteiger partial charge in [0.25, 0.3) is 11.8 Å². The molecule has 0 saturated carbocycles. The number of carbonyl (C=O) groups excluding carboxylic acids is 4. The van der Waals surface area contributed by atoms with Crippen LogP contribution in [-0.4, -0.2) is 78.7 Å². The first kappa shape index (κ1) is 36.5. The molecule has 0 radical (unpaired) electrons. The van der Waals surface area contributed by atoms with Crippen LogP contribution in [-0.2, 0) is 14.2 Å². The highest BCUT2D eigenvalue weighted by Gasteiger charge is 2.53. The van der Waals surface area contributed by atoms with Gasteiger partial charge in [0, 0.05) is 11.1 Å². The molecular formula is C40H33N5O7S2. The maximum atomic E-state index is 14.1. The Kier molecular flexibility index (Phi) is 11.1. The van der Waals surface area contributed by atoms with Gasteiger partial charge in [0.05, 0.1) is 22.0 Å². The fourth-order valence-electron chi connectivity index (χ4n) is 6.16. The molecule has 0 aliphatic carbocycles. The second kappa shape index (κ2) is 16.5. The number of amides is 2. The molecule has 54 heavy (non-hydrogen) atoms. The minimum Gasteiger partial charge on any atom is -0.452 e. The molecule has 6 aromatic rings. The first-order valence-corrected chi connectivity index (χ1v) is 19.4. The van der Waals surface area contributed by atoms with Gasteiger partial charge in [-0.05, 0) is 61.0 Å². The van der Waals surface area contributed by atoms with Crippen molar-refractivity contribution in [3.63, 3.8) is 0 Å². The normalized spacial score (nSPS) is 18.0. The van der Waals surface area contributed by atoms with Crippen LogP contribution in [0.3, 0.4) is 0 Å². The largest absolute Gasteiger partial charge is 0.452 e. The lowest BCUT2D eigenvalue weighted by Gasteiger charge is -2.27. The van der Waals surface area contributed by atoms with Crippen molar-refractivity contribution in [3.8, 4) is 0 Å². The van der Waals surface area contributed by atoms with Gasteiger partial charge >= 0.3 is 11.9 Å². The number of hydrogen-bond acceptors (Lipinski definition) is 12. The number of rotatable bonds is 11. The highest BCUT2D eigenvalue weighted by Crippen LogP contribution is 2.42. The molecule has 0 spiro atoms. The summed E-state index contributed by atoms with van der Waals surface area (Å²) in [6, 6.07) is 33.7. The highest BCUT2D eigenvalue weighted by atomic mass is 32.2. The molecule has 14 heteroatoms. The third-order valence-electron chi connectivity index (χ3n) is 8.74. The van der Waals surface area contributed by atoms with E-state index in [2.05, 4.69) is 15.0 Å². The van der Waals surface area contributed by atoms with Gasteiger partial charge in [-0.3, -0.25) is 14.2 Å². The minimum atomic E-state index is -1.19. The van der Waals surface area contributed by atoms with Crippen molar-refractivity contribution in [3.05, 3.63) is 156 Å². The van der Waals surface area contributed by atoms with Crippen LogP contribution in [0.5, 0.6) is 0 Å². The molecule has 4 aromatic carbocycles. The zero-order chi connectivity index (χ0) is 37.6. The zero-order valence-electron chi connectivity index (χ0n) is 29.0. The molecular weight excluding hydrogens is 727 g/mol. The van der Waals surface area contributed by atoms with Crippen molar-refractivity contribution in [1.82, 2.24) is 19.5 Å². The molecule has 2 amide bonds. The van der Waals surface area contributed by atoms with Crippen LogP contribution in [0.2, 0.25) is 0 Å². The Hall–Kier alpha value is -5.83. The van der Waals surface area contributed by atoms with Crippen LogP contribution >= 0.6 is 23.5 Å². The molecule has 1 aliphatic heterocycles. The van der Waals surface area contributed by atoms with E-state index in [9.17, 15) is 19.2 Å². The number of anilines is 1. The molecule has 7 rings (SSSR count). The van der Waals surface area contributed by atoms with Crippen LogP contribution in [0.25, 0.3) is 11.2 Å². The molecule has 0 unspecified atom stereocenters. The number of imidazole rings is 1. The number of ether oxygens (including phenoxy) is 3. The van der Waals surface area contributed by atoms with Crippen LogP contribution < -0.4 is 4.90 Å². The summed E-state index contributed by atoms with van der Waals surface area (Å²) in [5.74, 6) is -2.59. The first-order chi connectivity index (χ1) is 26.4. The molecule has 12 nitrogen and oxygen atoms in total. The fourth-order valence-corrected chi connectivity index (χ4v) is 7.90. The van der Waals surface area contributed by atoms with E-state index in [-0.39, 0.29) is 38.3 Å². The van der Waals surface area contributed by atoms with E-state index < -0.39 is 48.3 Å². The lowest BCUT2D eigenvalue weighted by atomic mass is 10.1. The van der Waals surface area contributed by atoms with Crippen LogP contribution in [0, 0.1) is 0 Å². The Morgan fingerprint density at radius 3 is 1.59 bits per heavy atom. The zero-order valence-corrected chi connectivity index (χ0v) is 30.6.